The zero-order valence-corrected chi connectivity index (χ0v) is 14.6. The third kappa shape index (κ3) is 4.70. The van der Waals surface area contributed by atoms with E-state index < -0.39 is 0 Å². The van der Waals surface area contributed by atoms with Gasteiger partial charge in [0, 0.05) is 6.08 Å². The Morgan fingerprint density at radius 3 is 2.63 bits per heavy atom. The molecule has 0 saturated carbocycles. The molecule has 134 valence electrons. The van der Waals surface area contributed by atoms with Crippen LogP contribution < -0.4 is 4.74 Å². The molecule has 0 saturated heterocycles. The molecular weight excluding hydrogens is 340 g/mol. The van der Waals surface area contributed by atoms with Crippen LogP contribution in [0.2, 0.25) is 0 Å². The maximum atomic E-state index is 5.78. The zero-order valence-electron chi connectivity index (χ0n) is 14.6. The molecule has 4 aromatic rings. The molecule has 27 heavy (non-hydrogen) atoms. The van der Waals surface area contributed by atoms with Gasteiger partial charge in [-0.15, -0.1) is 0 Å². The van der Waals surface area contributed by atoms with Gasteiger partial charge in [0.25, 0.3) is 0 Å². The second kappa shape index (κ2) is 8.14. The minimum atomic E-state index is 0.352. The standard InChI is InChI=1S/C21H18N4O2/c1-2-4-17(5-3-1)8-11-21-24-19(14-27-21)13-26-20-9-6-18(7-10-20)12-25-16-22-15-23-25/h1-11,14-16H,12-13H2/b11-8+. The largest absolute Gasteiger partial charge is 0.487 e. The lowest BCUT2D eigenvalue weighted by Crippen LogP contribution is -2.00. The molecule has 0 unspecified atom stereocenters. The van der Waals surface area contributed by atoms with Crippen LogP contribution in [0.4, 0.5) is 0 Å². The molecule has 0 aliphatic heterocycles. The average Bonchev–Trinajstić information content (AvgIpc) is 3.39. The van der Waals surface area contributed by atoms with Gasteiger partial charge in [-0.05, 0) is 29.3 Å². The smallest absolute Gasteiger partial charge is 0.218 e. The van der Waals surface area contributed by atoms with Crippen molar-refractivity contribution >= 4 is 12.2 Å². The van der Waals surface area contributed by atoms with E-state index in [1.54, 1.807) is 17.3 Å². The Bertz CT molecular complexity index is 990. The van der Waals surface area contributed by atoms with Crippen LogP contribution in [0, 0.1) is 0 Å². The van der Waals surface area contributed by atoms with Crippen LogP contribution in [-0.2, 0) is 13.2 Å². The Hall–Kier alpha value is -3.67. The predicted molar refractivity (Wildman–Crippen MR) is 102 cm³/mol. The first-order valence-electron chi connectivity index (χ1n) is 8.57. The first kappa shape index (κ1) is 16.8. The lowest BCUT2D eigenvalue weighted by Gasteiger charge is -2.05. The zero-order chi connectivity index (χ0) is 18.3. The summed E-state index contributed by atoms with van der Waals surface area (Å²) in [6.07, 6.45) is 8.64. The number of oxazole rings is 1. The van der Waals surface area contributed by atoms with Crippen molar-refractivity contribution in [2.75, 3.05) is 0 Å². The summed E-state index contributed by atoms with van der Waals surface area (Å²) < 4.78 is 13.0. The molecule has 6 nitrogen and oxygen atoms in total. The van der Waals surface area contributed by atoms with Crippen molar-refractivity contribution < 1.29 is 9.15 Å². The summed E-state index contributed by atoms with van der Waals surface area (Å²) in [5.74, 6) is 1.34. The SMILES string of the molecule is C(=C\c1nc(COc2ccc(Cn3cncn3)cc2)co1)/c1ccccc1. The third-order valence-corrected chi connectivity index (χ3v) is 3.91. The lowest BCUT2D eigenvalue weighted by atomic mass is 10.2. The summed E-state index contributed by atoms with van der Waals surface area (Å²) in [5.41, 5.74) is 2.97. The van der Waals surface area contributed by atoms with Gasteiger partial charge < -0.3 is 9.15 Å². The van der Waals surface area contributed by atoms with E-state index in [0.717, 1.165) is 22.6 Å². The first-order valence-corrected chi connectivity index (χ1v) is 8.57. The van der Waals surface area contributed by atoms with Gasteiger partial charge in [0.2, 0.25) is 5.89 Å². The van der Waals surface area contributed by atoms with Gasteiger partial charge in [-0.1, -0.05) is 42.5 Å². The fourth-order valence-corrected chi connectivity index (χ4v) is 2.55. The molecule has 0 N–H and O–H groups in total. The van der Waals surface area contributed by atoms with Gasteiger partial charge in [0.15, 0.2) is 0 Å². The van der Waals surface area contributed by atoms with E-state index in [9.17, 15) is 0 Å². The molecule has 0 radical (unpaired) electrons. The van der Waals surface area contributed by atoms with Gasteiger partial charge in [0.05, 0.1) is 6.54 Å². The van der Waals surface area contributed by atoms with Crippen LogP contribution in [0.5, 0.6) is 5.75 Å². The number of hydrogen-bond donors (Lipinski definition) is 0. The van der Waals surface area contributed by atoms with Crippen molar-refractivity contribution in [3.63, 3.8) is 0 Å². The molecule has 0 fully saturated rings. The molecular formula is C21H18N4O2. The number of nitrogens with zero attached hydrogens (tertiary/aromatic N) is 4. The van der Waals surface area contributed by atoms with Crippen molar-refractivity contribution in [2.45, 2.75) is 13.2 Å². The monoisotopic (exact) mass is 358 g/mol. The van der Waals surface area contributed by atoms with E-state index >= 15 is 0 Å². The number of benzene rings is 2. The Morgan fingerprint density at radius 1 is 1.00 bits per heavy atom. The maximum absolute atomic E-state index is 5.78. The van der Waals surface area contributed by atoms with Crippen molar-refractivity contribution in [3.8, 4) is 5.75 Å². The highest BCUT2D eigenvalue weighted by atomic mass is 16.5. The summed E-state index contributed by atoms with van der Waals surface area (Å²) in [6.45, 7) is 1.03. The number of hydrogen-bond acceptors (Lipinski definition) is 5. The fourth-order valence-electron chi connectivity index (χ4n) is 2.55. The molecule has 0 atom stereocenters. The number of ether oxygens (including phenoxy) is 1. The summed E-state index contributed by atoms with van der Waals surface area (Å²) in [6, 6.07) is 17.9. The first-order chi connectivity index (χ1) is 13.3. The Morgan fingerprint density at radius 2 is 1.85 bits per heavy atom. The molecule has 6 heteroatoms. The van der Waals surface area contributed by atoms with Crippen LogP contribution in [0.25, 0.3) is 12.2 Å². The highest BCUT2D eigenvalue weighted by molar-refractivity contribution is 5.65. The van der Waals surface area contributed by atoms with E-state index in [0.29, 0.717) is 19.0 Å². The predicted octanol–water partition coefficient (Wildman–Crippen LogP) is 4.06. The minimum absolute atomic E-state index is 0.352. The van der Waals surface area contributed by atoms with Crippen molar-refractivity contribution in [1.82, 2.24) is 19.7 Å². The van der Waals surface area contributed by atoms with Crippen LogP contribution >= 0.6 is 0 Å². The third-order valence-electron chi connectivity index (χ3n) is 3.91. The number of rotatable bonds is 7. The molecule has 0 aliphatic carbocycles. The second-order valence-corrected chi connectivity index (χ2v) is 5.95. The van der Waals surface area contributed by atoms with E-state index in [1.807, 2.05) is 66.7 Å². The van der Waals surface area contributed by atoms with E-state index in [2.05, 4.69) is 15.1 Å². The summed E-state index contributed by atoms with van der Waals surface area (Å²) in [4.78, 5) is 8.35. The Kier molecular flexibility index (Phi) is 5.06. The van der Waals surface area contributed by atoms with E-state index in [-0.39, 0.29) is 0 Å². The van der Waals surface area contributed by atoms with Gasteiger partial charge in [-0.25, -0.2) is 14.6 Å². The van der Waals surface area contributed by atoms with Crippen molar-refractivity contribution in [3.05, 3.63) is 96.2 Å². The molecule has 2 aromatic heterocycles. The van der Waals surface area contributed by atoms with E-state index in [1.165, 1.54) is 6.33 Å². The van der Waals surface area contributed by atoms with E-state index in [4.69, 9.17) is 9.15 Å². The van der Waals surface area contributed by atoms with Crippen LogP contribution in [-0.4, -0.2) is 19.7 Å². The minimum Gasteiger partial charge on any atom is -0.487 e. The van der Waals surface area contributed by atoms with Crippen molar-refractivity contribution in [1.29, 1.82) is 0 Å². The van der Waals surface area contributed by atoms with Gasteiger partial charge >= 0.3 is 0 Å². The molecule has 2 heterocycles. The maximum Gasteiger partial charge on any atom is 0.218 e. The second-order valence-electron chi connectivity index (χ2n) is 5.95. The van der Waals surface area contributed by atoms with Gasteiger partial charge in [-0.2, -0.15) is 5.10 Å². The lowest BCUT2D eigenvalue weighted by molar-refractivity contribution is 0.301. The molecule has 0 amide bonds. The highest BCUT2D eigenvalue weighted by Crippen LogP contribution is 2.15. The molecule has 0 spiro atoms. The van der Waals surface area contributed by atoms with Crippen LogP contribution in [0.15, 0.2) is 77.9 Å². The van der Waals surface area contributed by atoms with Crippen LogP contribution in [0.3, 0.4) is 0 Å². The van der Waals surface area contributed by atoms with Gasteiger partial charge in [-0.3, -0.25) is 0 Å². The number of aromatic nitrogens is 4. The Labute approximate surface area is 156 Å². The summed E-state index contributed by atoms with van der Waals surface area (Å²) in [5, 5.41) is 4.10. The van der Waals surface area contributed by atoms with Crippen molar-refractivity contribution in [2.24, 2.45) is 0 Å². The average molecular weight is 358 g/mol. The molecule has 2 aromatic carbocycles. The molecule has 0 bridgehead atoms. The Balaban J connectivity index is 1.31. The topological polar surface area (TPSA) is 66.0 Å². The molecule has 0 aliphatic rings. The molecule has 4 rings (SSSR count). The summed E-state index contributed by atoms with van der Waals surface area (Å²) in [7, 11) is 0. The highest BCUT2D eigenvalue weighted by Gasteiger charge is 2.03. The normalized spacial score (nSPS) is 11.1. The van der Waals surface area contributed by atoms with Crippen LogP contribution in [0.1, 0.15) is 22.7 Å². The summed E-state index contributed by atoms with van der Waals surface area (Å²) >= 11 is 0. The fraction of sp³-hybridized carbons (Fsp3) is 0.0952. The van der Waals surface area contributed by atoms with Gasteiger partial charge in [0.1, 0.15) is 37.0 Å². The quantitative estimate of drug-likeness (QED) is 0.498.